The summed E-state index contributed by atoms with van der Waals surface area (Å²) in [6, 6.07) is 8.49. The van der Waals surface area contributed by atoms with Crippen molar-refractivity contribution in [3.8, 4) is 5.75 Å². The molecule has 98 valence electrons. The molecule has 0 bridgehead atoms. The molecule has 0 spiro atoms. The smallest absolute Gasteiger partial charge is 0.119 e. The van der Waals surface area contributed by atoms with Gasteiger partial charge in [-0.15, -0.1) is 0 Å². The van der Waals surface area contributed by atoms with Crippen molar-refractivity contribution in [2.75, 3.05) is 18.8 Å². The number of hydrogen-bond acceptors (Lipinski definition) is 3. The van der Waals surface area contributed by atoms with Crippen LogP contribution in [0.15, 0.2) is 24.3 Å². The van der Waals surface area contributed by atoms with E-state index in [1.807, 2.05) is 24.3 Å². The molecule has 0 unspecified atom stereocenters. The molecular weight excluding hydrogens is 224 g/mol. The highest BCUT2D eigenvalue weighted by atomic mass is 16.5. The fraction of sp³-hybridized carbons (Fsp3) is 0.600. The zero-order valence-corrected chi connectivity index (χ0v) is 10.8. The van der Waals surface area contributed by atoms with Crippen LogP contribution >= 0.6 is 0 Å². The van der Waals surface area contributed by atoms with E-state index >= 15 is 0 Å². The molecule has 1 saturated carbocycles. The minimum atomic E-state index is 0.403. The zero-order chi connectivity index (χ0) is 12.4. The molecule has 1 heterocycles. The highest BCUT2D eigenvalue weighted by Gasteiger charge is 2.35. The third kappa shape index (κ3) is 2.61. The second kappa shape index (κ2) is 5.19. The number of anilines is 1. The number of benzene rings is 1. The summed E-state index contributed by atoms with van der Waals surface area (Å²) in [4.78, 5) is 2.65. The van der Waals surface area contributed by atoms with Crippen LogP contribution in [0.1, 0.15) is 32.1 Å². The van der Waals surface area contributed by atoms with Crippen LogP contribution in [0, 0.1) is 0 Å². The van der Waals surface area contributed by atoms with E-state index in [4.69, 9.17) is 10.5 Å². The van der Waals surface area contributed by atoms with Gasteiger partial charge in [-0.05, 0) is 50.2 Å². The zero-order valence-electron chi connectivity index (χ0n) is 10.8. The minimum absolute atomic E-state index is 0.403. The normalized spacial score (nSPS) is 28.7. The van der Waals surface area contributed by atoms with E-state index in [1.54, 1.807) is 0 Å². The fourth-order valence-electron chi connectivity index (χ4n) is 2.95. The van der Waals surface area contributed by atoms with E-state index in [9.17, 15) is 0 Å². The monoisotopic (exact) mass is 246 g/mol. The number of nitrogens with two attached hydrogens (primary N) is 1. The Kier molecular flexibility index (Phi) is 3.41. The Labute approximate surface area is 109 Å². The van der Waals surface area contributed by atoms with Gasteiger partial charge < -0.3 is 15.4 Å². The van der Waals surface area contributed by atoms with Crippen molar-refractivity contribution in [3.63, 3.8) is 0 Å². The molecule has 2 aliphatic rings. The number of likely N-dealkylation sites (tertiary alicyclic amines) is 1. The lowest BCUT2D eigenvalue weighted by atomic mass is 9.86. The lowest BCUT2D eigenvalue weighted by Gasteiger charge is -2.44. The standard InChI is InChI=1S/C15H22N2O/c16-12-4-6-14(7-5-12)18-15-10-13(11-15)17-8-2-1-3-9-17/h4-7,13,15H,1-3,8-11,16H2. The van der Waals surface area contributed by atoms with E-state index in [0.717, 1.165) is 17.5 Å². The molecule has 0 radical (unpaired) electrons. The SMILES string of the molecule is Nc1ccc(OC2CC(N3CCCCC3)C2)cc1. The maximum absolute atomic E-state index is 5.94. The number of nitrogens with zero attached hydrogens (tertiary/aromatic N) is 1. The molecule has 1 aromatic carbocycles. The summed E-state index contributed by atoms with van der Waals surface area (Å²) in [5.74, 6) is 0.950. The molecule has 1 aliphatic heterocycles. The quantitative estimate of drug-likeness (QED) is 0.833. The minimum Gasteiger partial charge on any atom is -0.490 e. The Morgan fingerprint density at radius 1 is 1.00 bits per heavy atom. The van der Waals surface area contributed by atoms with E-state index in [2.05, 4.69) is 4.90 Å². The van der Waals surface area contributed by atoms with E-state index in [0.29, 0.717) is 6.10 Å². The predicted octanol–water partition coefficient (Wildman–Crippen LogP) is 2.66. The van der Waals surface area contributed by atoms with Crippen LogP contribution in [-0.4, -0.2) is 30.1 Å². The predicted molar refractivity (Wildman–Crippen MR) is 73.7 cm³/mol. The number of nitrogen functional groups attached to an aromatic ring is 1. The maximum Gasteiger partial charge on any atom is 0.119 e. The maximum atomic E-state index is 5.94. The van der Waals surface area contributed by atoms with Crippen LogP contribution in [0.3, 0.4) is 0 Å². The van der Waals surface area contributed by atoms with Crippen molar-refractivity contribution in [1.29, 1.82) is 0 Å². The van der Waals surface area contributed by atoms with Gasteiger partial charge in [-0.1, -0.05) is 6.42 Å². The van der Waals surface area contributed by atoms with Crippen LogP contribution < -0.4 is 10.5 Å². The van der Waals surface area contributed by atoms with Crippen LogP contribution in [-0.2, 0) is 0 Å². The highest BCUT2D eigenvalue weighted by Crippen LogP contribution is 2.31. The van der Waals surface area contributed by atoms with Gasteiger partial charge in [-0.25, -0.2) is 0 Å². The third-order valence-electron chi connectivity index (χ3n) is 4.16. The van der Waals surface area contributed by atoms with Crippen LogP contribution in [0.5, 0.6) is 5.75 Å². The molecule has 3 rings (SSSR count). The molecule has 3 nitrogen and oxygen atoms in total. The second-order valence-corrected chi connectivity index (χ2v) is 5.53. The average Bonchev–Trinajstić information content (AvgIpc) is 2.36. The van der Waals surface area contributed by atoms with Crippen LogP contribution in [0.2, 0.25) is 0 Å². The summed E-state index contributed by atoms with van der Waals surface area (Å²) in [6.45, 7) is 2.58. The van der Waals surface area contributed by atoms with Gasteiger partial charge in [0.2, 0.25) is 0 Å². The van der Waals surface area contributed by atoms with Gasteiger partial charge in [0.25, 0.3) is 0 Å². The molecule has 1 aromatic rings. The summed E-state index contributed by atoms with van der Waals surface area (Å²) in [7, 11) is 0. The summed E-state index contributed by atoms with van der Waals surface area (Å²) >= 11 is 0. The van der Waals surface area contributed by atoms with Crippen molar-refractivity contribution in [2.45, 2.75) is 44.2 Å². The first-order valence-electron chi connectivity index (χ1n) is 7.07. The summed E-state index contributed by atoms with van der Waals surface area (Å²) in [5, 5.41) is 0. The molecule has 2 fully saturated rings. The van der Waals surface area contributed by atoms with E-state index < -0.39 is 0 Å². The first-order valence-corrected chi connectivity index (χ1v) is 7.07. The Bertz CT molecular complexity index is 378. The fourth-order valence-corrected chi connectivity index (χ4v) is 2.95. The highest BCUT2D eigenvalue weighted by molar-refractivity contribution is 5.41. The lowest BCUT2D eigenvalue weighted by Crippen LogP contribution is -2.50. The lowest BCUT2D eigenvalue weighted by molar-refractivity contribution is 0.00893. The molecule has 1 saturated heterocycles. The number of piperidine rings is 1. The molecular formula is C15H22N2O. The molecule has 1 aliphatic carbocycles. The van der Waals surface area contributed by atoms with Gasteiger partial charge in [-0.3, -0.25) is 0 Å². The van der Waals surface area contributed by atoms with Gasteiger partial charge >= 0.3 is 0 Å². The Morgan fingerprint density at radius 3 is 2.33 bits per heavy atom. The molecule has 18 heavy (non-hydrogen) atoms. The average molecular weight is 246 g/mol. The van der Waals surface area contributed by atoms with Crippen molar-refractivity contribution in [1.82, 2.24) is 4.90 Å². The van der Waals surface area contributed by atoms with Crippen molar-refractivity contribution < 1.29 is 4.74 Å². The number of ether oxygens (including phenoxy) is 1. The van der Waals surface area contributed by atoms with Gasteiger partial charge in [0.1, 0.15) is 11.9 Å². The summed E-state index contributed by atoms with van der Waals surface area (Å²) in [5.41, 5.74) is 6.45. The Hall–Kier alpha value is -1.22. The first kappa shape index (κ1) is 11.8. The van der Waals surface area contributed by atoms with Crippen LogP contribution in [0.25, 0.3) is 0 Å². The Balaban J connectivity index is 1.46. The molecule has 0 aromatic heterocycles. The molecule has 0 atom stereocenters. The van der Waals surface area contributed by atoms with Gasteiger partial charge in [-0.2, -0.15) is 0 Å². The number of rotatable bonds is 3. The first-order chi connectivity index (χ1) is 8.81. The van der Waals surface area contributed by atoms with Gasteiger partial charge in [0.15, 0.2) is 0 Å². The van der Waals surface area contributed by atoms with Crippen molar-refractivity contribution in [3.05, 3.63) is 24.3 Å². The van der Waals surface area contributed by atoms with Crippen molar-refractivity contribution in [2.24, 2.45) is 0 Å². The van der Waals surface area contributed by atoms with Crippen molar-refractivity contribution >= 4 is 5.69 Å². The second-order valence-electron chi connectivity index (χ2n) is 5.53. The van der Waals surface area contributed by atoms with Gasteiger partial charge in [0, 0.05) is 24.6 Å². The third-order valence-corrected chi connectivity index (χ3v) is 4.16. The van der Waals surface area contributed by atoms with Gasteiger partial charge in [0.05, 0.1) is 0 Å². The largest absolute Gasteiger partial charge is 0.490 e. The summed E-state index contributed by atoms with van der Waals surface area (Å²) < 4.78 is 5.94. The van der Waals surface area contributed by atoms with Crippen LogP contribution in [0.4, 0.5) is 5.69 Å². The Morgan fingerprint density at radius 2 is 1.67 bits per heavy atom. The molecule has 2 N–H and O–H groups in total. The topological polar surface area (TPSA) is 38.5 Å². The number of hydrogen-bond donors (Lipinski definition) is 1. The molecule has 3 heteroatoms. The summed E-state index contributed by atoms with van der Waals surface area (Å²) in [6.07, 6.45) is 6.93. The van der Waals surface area contributed by atoms with E-state index in [-0.39, 0.29) is 0 Å². The molecule has 0 amide bonds. The van der Waals surface area contributed by atoms with E-state index in [1.165, 1.54) is 45.2 Å².